The number of hydrogen-bond acceptors (Lipinski definition) is 4. The summed E-state index contributed by atoms with van der Waals surface area (Å²) in [4.78, 5) is 39.1. The second kappa shape index (κ2) is 9.99. The molecule has 0 bridgehead atoms. The van der Waals surface area contributed by atoms with E-state index in [4.69, 9.17) is 16.3 Å². The fourth-order valence-corrected chi connectivity index (χ4v) is 4.43. The Morgan fingerprint density at radius 2 is 1.65 bits per heavy atom. The van der Waals surface area contributed by atoms with Crippen LogP contribution in [0.2, 0.25) is 5.02 Å². The first-order chi connectivity index (χ1) is 16.2. The number of nitrogens with zero attached hydrogens (tertiary/aromatic N) is 1. The number of aryl methyl sites for hydroxylation is 2. The average molecular weight is 587 g/mol. The molecule has 1 N–H and O–H groups in total. The lowest BCUT2D eigenvalue weighted by Gasteiger charge is -2.27. The summed E-state index contributed by atoms with van der Waals surface area (Å²) in [6.07, 6.45) is 1.48. The van der Waals surface area contributed by atoms with Gasteiger partial charge in [-0.3, -0.25) is 14.9 Å². The maximum atomic E-state index is 13.1. The van der Waals surface area contributed by atoms with Gasteiger partial charge in [-0.1, -0.05) is 35.9 Å². The fraction of sp³-hybridized carbons (Fsp3) is 0.115. The lowest BCUT2D eigenvalue weighted by atomic mass is 10.1. The van der Waals surface area contributed by atoms with Crippen LogP contribution >= 0.6 is 34.2 Å². The quantitative estimate of drug-likeness (QED) is 0.233. The first-order valence-electron chi connectivity index (χ1n) is 10.4. The molecule has 0 radical (unpaired) electrons. The minimum Gasteiger partial charge on any atom is -0.488 e. The number of amides is 4. The van der Waals surface area contributed by atoms with Gasteiger partial charge in [-0.15, -0.1) is 0 Å². The smallest absolute Gasteiger partial charge is 0.335 e. The van der Waals surface area contributed by atoms with Crippen molar-refractivity contribution < 1.29 is 19.1 Å². The number of hydrogen-bond donors (Lipinski definition) is 1. The van der Waals surface area contributed by atoms with Crippen molar-refractivity contribution in [3.05, 3.63) is 97.1 Å². The Hall–Kier alpha value is -3.17. The first kappa shape index (κ1) is 24.0. The maximum Gasteiger partial charge on any atom is 0.335 e. The van der Waals surface area contributed by atoms with E-state index < -0.39 is 17.8 Å². The lowest BCUT2D eigenvalue weighted by molar-refractivity contribution is -0.122. The van der Waals surface area contributed by atoms with Crippen LogP contribution in [-0.4, -0.2) is 17.8 Å². The molecule has 34 heavy (non-hydrogen) atoms. The van der Waals surface area contributed by atoms with Crippen LogP contribution in [0.3, 0.4) is 0 Å². The molecule has 4 rings (SSSR count). The summed E-state index contributed by atoms with van der Waals surface area (Å²) in [5, 5.41) is 2.92. The third-order valence-electron chi connectivity index (χ3n) is 5.14. The molecular weight excluding hydrogens is 567 g/mol. The van der Waals surface area contributed by atoms with E-state index in [0.717, 1.165) is 25.2 Å². The molecule has 0 aliphatic carbocycles. The molecule has 1 aliphatic rings. The number of urea groups is 1. The Bertz CT molecular complexity index is 1310. The molecule has 1 heterocycles. The molecule has 1 aliphatic heterocycles. The number of barbiturate groups is 1. The minimum atomic E-state index is -0.766. The van der Waals surface area contributed by atoms with Crippen LogP contribution in [-0.2, 0) is 16.2 Å². The number of rotatable bonds is 5. The van der Waals surface area contributed by atoms with E-state index in [9.17, 15) is 14.4 Å². The molecule has 0 spiro atoms. The summed E-state index contributed by atoms with van der Waals surface area (Å²) in [7, 11) is 0. The predicted octanol–water partition coefficient (Wildman–Crippen LogP) is 5.81. The first-order valence-corrected chi connectivity index (χ1v) is 11.8. The molecule has 1 saturated heterocycles. The number of imide groups is 2. The molecule has 6 nitrogen and oxygen atoms in total. The van der Waals surface area contributed by atoms with E-state index in [0.29, 0.717) is 28.6 Å². The molecule has 0 saturated carbocycles. The van der Waals surface area contributed by atoms with E-state index in [1.165, 1.54) is 6.08 Å². The van der Waals surface area contributed by atoms with Crippen molar-refractivity contribution in [3.8, 4) is 5.75 Å². The van der Waals surface area contributed by atoms with Crippen molar-refractivity contribution >= 4 is 63.8 Å². The molecule has 4 amide bonds. The predicted molar refractivity (Wildman–Crippen MR) is 140 cm³/mol. The zero-order chi connectivity index (χ0) is 24.4. The topological polar surface area (TPSA) is 75.7 Å². The van der Waals surface area contributed by atoms with Crippen molar-refractivity contribution in [1.29, 1.82) is 0 Å². The molecule has 0 aromatic heterocycles. The van der Waals surface area contributed by atoms with E-state index in [2.05, 4.69) is 27.9 Å². The van der Waals surface area contributed by atoms with Crippen molar-refractivity contribution in [2.24, 2.45) is 0 Å². The normalized spacial score (nSPS) is 15.0. The Balaban J connectivity index is 1.57. The Morgan fingerprint density at radius 3 is 2.29 bits per heavy atom. The summed E-state index contributed by atoms with van der Waals surface area (Å²) in [6, 6.07) is 17.4. The van der Waals surface area contributed by atoms with Crippen molar-refractivity contribution in [2.75, 3.05) is 4.90 Å². The van der Waals surface area contributed by atoms with Gasteiger partial charge in [0.1, 0.15) is 17.9 Å². The van der Waals surface area contributed by atoms with Gasteiger partial charge in [0, 0.05) is 5.02 Å². The largest absolute Gasteiger partial charge is 0.488 e. The number of anilines is 1. The average Bonchev–Trinajstić information content (AvgIpc) is 2.76. The minimum absolute atomic E-state index is 0.121. The Kier molecular flexibility index (Phi) is 7.04. The highest BCUT2D eigenvalue weighted by Crippen LogP contribution is 2.27. The molecule has 3 aromatic carbocycles. The number of carbonyl (C=O) groups is 3. The summed E-state index contributed by atoms with van der Waals surface area (Å²) >= 11 is 8.05. The number of ether oxygens (including phenoxy) is 1. The molecule has 1 fully saturated rings. The highest BCUT2D eigenvalue weighted by molar-refractivity contribution is 14.1. The molecular formula is C26H20ClIN2O4. The van der Waals surface area contributed by atoms with Gasteiger partial charge in [0.05, 0.1) is 9.26 Å². The SMILES string of the molecule is Cc1cc(C)cc(N2C(=O)NC(=O)/C(=C\c3ccc(OCc4ccc(Cl)cc4)c(I)c3)C2=O)c1. The van der Waals surface area contributed by atoms with Crippen LogP contribution < -0.4 is 15.0 Å². The van der Waals surface area contributed by atoms with Gasteiger partial charge < -0.3 is 4.74 Å². The second-order valence-corrected chi connectivity index (χ2v) is 9.51. The van der Waals surface area contributed by atoms with Crippen LogP contribution in [0.15, 0.2) is 66.2 Å². The standard InChI is InChI=1S/C26H20ClIN2O4/c1-15-9-16(2)11-20(10-15)30-25(32)21(24(31)29-26(30)33)12-18-5-8-23(22(28)13-18)34-14-17-3-6-19(27)7-4-17/h3-13H,14H2,1-2H3,(H,29,31,33)/b21-12+. The number of halogens is 2. The maximum absolute atomic E-state index is 13.1. The third-order valence-corrected chi connectivity index (χ3v) is 6.24. The zero-order valence-corrected chi connectivity index (χ0v) is 21.3. The Labute approximate surface area is 215 Å². The second-order valence-electron chi connectivity index (χ2n) is 7.91. The summed E-state index contributed by atoms with van der Waals surface area (Å²) in [6.45, 7) is 4.13. The van der Waals surface area contributed by atoms with E-state index in [1.54, 1.807) is 36.4 Å². The lowest BCUT2D eigenvalue weighted by Crippen LogP contribution is -2.54. The molecule has 8 heteroatoms. The summed E-state index contributed by atoms with van der Waals surface area (Å²) < 4.78 is 6.70. The van der Waals surface area contributed by atoms with Crippen LogP contribution in [0.1, 0.15) is 22.3 Å². The highest BCUT2D eigenvalue weighted by Gasteiger charge is 2.37. The third kappa shape index (κ3) is 5.31. The number of benzene rings is 3. The molecule has 172 valence electrons. The van der Waals surface area contributed by atoms with Gasteiger partial charge in [0.25, 0.3) is 11.8 Å². The van der Waals surface area contributed by atoms with Crippen LogP contribution in [0.4, 0.5) is 10.5 Å². The van der Waals surface area contributed by atoms with Crippen LogP contribution in [0.5, 0.6) is 5.75 Å². The molecule has 0 unspecified atom stereocenters. The van der Waals surface area contributed by atoms with E-state index in [1.807, 2.05) is 38.1 Å². The monoisotopic (exact) mass is 586 g/mol. The summed E-state index contributed by atoms with van der Waals surface area (Å²) in [5.41, 5.74) is 3.72. The van der Waals surface area contributed by atoms with Crippen molar-refractivity contribution in [2.45, 2.75) is 20.5 Å². The fourth-order valence-electron chi connectivity index (χ4n) is 3.60. The van der Waals surface area contributed by atoms with E-state index in [-0.39, 0.29) is 5.57 Å². The van der Waals surface area contributed by atoms with Gasteiger partial charge in [-0.05, 0) is 101 Å². The molecule has 3 aromatic rings. The van der Waals surface area contributed by atoms with Crippen molar-refractivity contribution in [3.63, 3.8) is 0 Å². The molecule has 0 atom stereocenters. The van der Waals surface area contributed by atoms with Gasteiger partial charge in [-0.25, -0.2) is 9.69 Å². The Morgan fingerprint density at radius 1 is 0.971 bits per heavy atom. The summed E-state index contributed by atoms with van der Waals surface area (Å²) in [5.74, 6) is -0.727. The van der Waals surface area contributed by atoms with Crippen molar-refractivity contribution in [1.82, 2.24) is 5.32 Å². The van der Waals surface area contributed by atoms with Crippen LogP contribution in [0, 0.1) is 17.4 Å². The van der Waals surface area contributed by atoms with Crippen LogP contribution in [0.25, 0.3) is 6.08 Å². The van der Waals surface area contributed by atoms with Gasteiger partial charge >= 0.3 is 6.03 Å². The zero-order valence-electron chi connectivity index (χ0n) is 18.4. The number of nitrogens with one attached hydrogen (secondary N) is 1. The number of carbonyl (C=O) groups excluding carboxylic acids is 3. The highest BCUT2D eigenvalue weighted by atomic mass is 127. The van der Waals surface area contributed by atoms with Gasteiger partial charge in [-0.2, -0.15) is 0 Å². The van der Waals surface area contributed by atoms with Gasteiger partial charge in [0.15, 0.2) is 0 Å². The van der Waals surface area contributed by atoms with E-state index >= 15 is 0 Å². The van der Waals surface area contributed by atoms with Gasteiger partial charge in [0.2, 0.25) is 0 Å².